The highest BCUT2D eigenvalue weighted by Gasteiger charge is 2.33. The van der Waals surface area contributed by atoms with Crippen molar-refractivity contribution in [2.24, 2.45) is 0 Å². The third-order valence-electron chi connectivity index (χ3n) is 5.00. The summed E-state index contributed by atoms with van der Waals surface area (Å²) in [5.41, 5.74) is 4.63. The molecule has 2 amide bonds. The second-order valence-electron chi connectivity index (χ2n) is 7.59. The molecule has 2 N–H and O–H groups in total. The van der Waals surface area contributed by atoms with E-state index in [2.05, 4.69) is 26.9 Å². The van der Waals surface area contributed by atoms with Gasteiger partial charge in [-0.3, -0.25) is 0 Å². The number of esters is 1. The van der Waals surface area contributed by atoms with Crippen molar-refractivity contribution >= 4 is 23.8 Å². The predicted molar refractivity (Wildman–Crippen MR) is 124 cm³/mol. The van der Waals surface area contributed by atoms with Gasteiger partial charge in [-0.2, -0.15) is 0 Å². The number of amides is 2. The number of urea groups is 1. The Bertz CT molecular complexity index is 1190. The maximum atomic E-state index is 12.8. The monoisotopic (exact) mass is 464 g/mol. The second-order valence-corrected chi connectivity index (χ2v) is 8.52. The van der Waals surface area contributed by atoms with Crippen LogP contribution in [0.25, 0.3) is 11.5 Å². The van der Waals surface area contributed by atoms with Crippen LogP contribution in [0.5, 0.6) is 0 Å². The van der Waals surface area contributed by atoms with Crippen molar-refractivity contribution in [1.29, 1.82) is 0 Å². The summed E-state index contributed by atoms with van der Waals surface area (Å²) in [5, 5.41) is 14.2. The van der Waals surface area contributed by atoms with Crippen LogP contribution in [0.2, 0.25) is 0 Å². The van der Waals surface area contributed by atoms with Gasteiger partial charge in [0.2, 0.25) is 5.89 Å². The van der Waals surface area contributed by atoms with Gasteiger partial charge >= 0.3 is 12.0 Å². The Morgan fingerprint density at radius 3 is 2.55 bits per heavy atom. The van der Waals surface area contributed by atoms with Gasteiger partial charge in [0.25, 0.3) is 5.22 Å². The van der Waals surface area contributed by atoms with Gasteiger partial charge in [-0.05, 0) is 38.5 Å². The Morgan fingerprint density at radius 1 is 1.12 bits per heavy atom. The molecule has 1 unspecified atom stereocenters. The SMILES string of the molecule is CCOC(=O)C1=C(CSc2nnc(-c3cc(C)cc(C)c3)o2)NC(=O)NC1c1ccccc1. The molecule has 0 saturated heterocycles. The van der Waals surface area contributed by atoms with Gasteiger partial charge in [0, 0.05) is 17.0 Å². The molecule has 3 aromatic rings. The number of aryl methyl sites for hydroxylation is 2. The molecule has 2 heterocycles. The first-order chi connectivity index (χ1) is 15.9. The smallest absolute Gasteiger partial charge is 0.338 e. The molecule has 170 valence electrons. The molecule has 4 rings (SSSR count). The van der Waals surface area contributed by atoms with E-state index in [4.69, 9.17) is 9.15 Å². The third kappa shape index (κ3) is 5.25. The Morgan fingerprint density at radius 2 is 1.85 bits per heavy atom. The van der Waals surface area contributed by atoms with Crippen LogP contribution in [-0.4, -0.2) is 34.6 Å². The average molecular weight is 465 g/mol. The fourth-order valence-corrected chi connectivity index (χ4v) is 4.43. The van der Waals surface area contributed by atoms with Gasteiger partial charge in [0.05, 0.1) is 18.2 Å². The summed E-state index contributed by atoms with van der Waals surface area (Å²) in [5.74, 6) is 0.177. The zero-order valence-corrected chi connectivity index (χ0v) is 19.4. The molecule has 0 spiro atoms. The molecule has 2 aromatic carbocycles. The summed E-state index contributed by atoms with van der Waals surface area (Å²) in [4.78, 5) is 25.2. The van der Waals surface area contributed by atoms with Gasteiger partial charge in [-0.1, -0.05) is 59.3 Å². The summed E-state index contributed by atoms with van der Waals surface area (Å²) in [6.07, 6.45) is 0. The molecule has 0 bridgehead atoms. The predicted octanol–water partition coefficient (Wildman–Crippen LogP) is 4.32. The molecule has 0 saturated carbocycles. The lowest BCUT2D eigenvalue weighted by atomic mass is 9.95. The van der Waals surface area contributed by atoms with Gasteiger partial charge in [0.1, 0.15) is 0 Å². The molecule has 8 nitrogen and oxygen atoms in total. The number of hydrogen-bond donors (Lipinski definition) is 2. The van der Waals surface area contributed by atoms with E-state index < -0.39 is 18.0 Å². The third-order valence-corrected chi connectivity index (χ3v) is 5.84. The summed E-state index contributed by atoms with van der Waals surface area (Å²) < 4.78 is 11.1. The van der Waals surface area contributed by atoms with E-state index in [-0.39, 0.29) is 12.4 Å². The number of hydrogen-bond acceptors (Lipinski definition) is 7. The Labute approximate surface area is 195 Å². The molecule has 1 atom stereocenters. The minimum atomic E-state index is -0.622. The molecular formula is C24H24N4O4S. The minimum absolute atomic E-state index is 0.223. The van der Waals surface area contributed by atoms with E-state index >= 15 is 0 Å². The van der Waals surface area contributed by atoms with Gasteiger partial charge in [-0.25, -0.2) is 9.59 Å². The molecule has 0 radical (unpaired) electrons. The zero-order valence-electron chi connectivity index (χ0n) is 18.5. The Kier molecular flexibility index (Phi) is 6.79. The van der Waals surface area contributed by atoms with Crippen LogP contribution in [0, 0.1) is 13.8 Å². The number of nitrogens with one attached hydrogen (secondary N) is 2. The highest BCUT2D eigenvalue weighted by molar-refractivity contribution is 7.99. The van der Waals surface area contributed by atoms with Crippen molar-refractivity contribution in [2.75, 3.05) is 12.4 Å². The number of ether oxygens (including phenoxy) is 1. The van der Waals surface area contributed by atoms with Crippen molar-refractivity contribution in [3.8, 4) is 11.5 Å². The van der Waals surface area contributed by atoms with E-state index in [1.165, 1.54) is 11.8 Å². The largest absolute Gasteiger partial charge is 0.463 e. The number of rotatable bonds is 7. The normalized spacial score (nSPS) is 15.7. The van der Waals surface area contributed by atoms with Gasteiger partial charge in [-0.15, -0.1) is 10.2 Å². The molecule has 33 heavy (non-hydrogen) atoms. The molecule has 9 heteroatoms. The topological polar surface area (TPSA) is 106 Å². The van der Waals surface area contributed by atoms with Crippen molar-refractivity contribution in [3.05, 3.63) is 76.5 Å². The number of benzene rings is 2. The highest BCUT2D eigenvalue weighted by Crippen LogP contribution is 2.31. The molecule has 0 fully saturated rings. The lowest BCUT2D eigenvalue weighted by molar-refractivity contribution is -0.139. The first kappa shape index (κ1) is 22.6. The summed E-state index contributed by atoms with van der Waals surface area (Å²) in [7, 11) is 0. The van der Waals surface area contributed by atoms with E-state index in [0.29, 0.717) is 22.4 Å². The Balaban J connectivity index is 1.61. The highest BCUT2D eigenvalue weighted by atomic mass is 32.2. The van der Waals surface area contributed by atoms with Crippen molar-refractivity contribution in [3.63, 3.8) is 0 Å². The molecule has 1 aliphatic heterocycles. The number of carbonyl (C=O) groups excluding carboxylic acids is 2. The average Bonchev–Trinajstić information content (AvgIpc) is 3.26. The number of aromatic nitrogens is 2. The first-order valence-electron chi connectivity index (χ1n) is 10.5. The molecule has 1 aromatic heterocycles. The van der Waals surface area contributed by atoms with E-state index in [1.54, 1.807) is 6.92 Å². The summed E-state index contributed by atoms with van der Waals surface area (Å²) in [6, 6.07) is 14.3. The van der Waals surface area contributed by atoms with Crippen LogP contribution in [0.1, 0.15) is 29.7 Å². The van der Waals surface area contributed by atoms with Crippen LogP contribution < -0.4 is 10.6 Å². The summed E-state index contributed by atoms with van der Waals surface area (Å²) >= 11 is 1.24. The van der Waals surface area contributed by atoms with Crippen molar-refractivity contribution in [1.82, 2.24) is 20.8 Å². The zero-order chi connectivity index (χ0) is 23.4. The van der Waals surface area contributed by atoms with E-state index in [9.17, 15) is 9.59 Å². The number of nitrogens with zero attached hydrogens (tertiary/aromatic N) is 2. The first-order valence-corrected chi connectivity index (χ1v) is 11.5. The molecule has 0 aliphatic carbocycles. The maximum Gasteiger partial charge on any atom is 0.338 e. The lowest BCUT2D eigenvalue weighted by Crippen LogP contribution is -2.46. The maximum absolute atomic E-state index is 12.8. The second kappa shape index (κ2) is 9.91. The quantitative estimate of drug-likeness (QED) is 0.396. The number of thioether (sulfide) groups is 1. The van der Waals surface area contributed by atoms with Crippen LogP contribution in [0.4, 0.5) is 4.79 Å². The fraction of sp³-hybridized carbons (Fsp3) is 0.250. The van der Waals surface area contributed by atoms with Crippen LogP contribution in [-0.2, 0) is 9.53 Å². The van der Waals surface area contributed by atoms with Crippen molar-refractivity contribution in [2.45, 2.75) is 32.0 Å². The van der Waals surface area contributed by atoms with Crippen LogP contribution in [0.3, 0.4) is 0 Å². The van der Waals surface area contributed by atoms with E-state index in [1.807, 2.05) is 56.3 Å². The molecule has 1 aliphatic rings. The van der Waals surface area contributed by atoms with E-state index in [0.717, 1.165) is 22.3 Å². The number of carbonyl (C=O) groups is 2. The van der Waals surface area contributed by atoms with Crippen LogP contribution >= 0.6 is 11.8 Å². The van der Waals surface area contributed by atoms with Crippen LogP contribution in [0.15, 0.2) is 69.4 Å². The molecular weight excluding hydrogens is 440 g/mol. The van der Waals surface area contributed by atoms with Crippen molar-refractivity contribution < 1.29 is 18.7 Å². The lowest BCUT2D eigenvalue weighted by Gasteiger charge is -2.29. The van der Waals surface area contributed by atoms with Gasteiger partial charge in [0.15, 0.2) is 0 Å². The standard InChI is InChI=1S/C24H24N4O4S/c1-4-31-22(29)19-18(25-23(30)26-20(19)16-8-6-5-7-9-16)13-33-24-28-27-21(32-24)17-11-14(2)10-15(3)12-17/h5-12,20H,4,13H2,1-3H3,(H2,25,26,30). The summed E-state index contributed by atoms with van der Waals surface area (Å²) in [6.45, 7) is 5.98. The fourth-order valence-electron chi connectivity index (χ4n) is 3.69. The Hall–Kier alpha value is -3.59. The minimum Gasteiger partial charge on any atom is -0.463 e. The van der Waals surface area contributed by atoms with Gasteiger partial charge < -0.3 is 19.8 Å².